The van der Waals surface area contributed by atoms with Crippen LogP contribution in [0, 0.1) is 5.92 Å². The summed E-state index contributed by atoms with van der Waals surface area (Å²) in [6.07, 6.45) is 6.98. The van der Waals surface area contributed by atoms with Gasteiger partial charge in [0.05, 0.1) is 12.5 Å². The average Bonchev–Trinajstić information content (AvgIpc) is 3.20. The molecule has 2 aliphatic rings. The van der Waals surface area contributed by atoms with Gasteiger partial charge >= 0.3 is 5.63 Å². The van der Waals surface area contributed by atoms with E-state index in [2.05, 4.69) is 11.8 Å². The van der Waals surface area contributed by atoms with Gasteiger partial charge in [0, 0.05) is 23.4 Å². The minimum Gasteiger partial charge on any atom is -0.493 e. The summed E-state index contributed by atoms with van der Waals surface area (Å²) in [5.41, 5.74) is 1.84. The highest BCUT2D eigenvalue weighted by Gasteiger charge is 2.27. The van der Waals surface area contributed by atoms with Crippen molar-refractivity contribution >= 4 is 38.3 Å². The van der Waals surface area contributed by atoms with Crippen LogP contribution in [-0.4, -0.2) is 30.2 Å². The molecule has 7 heteroatoms. The van der Waals surface area contributed by atoms with Gasteiger partial charge in [-0.25, -0.2) is 14.8 Å². The van der Waals surface area contributed by atoms with Crippen LogP contribution in [0.1, 0.15) is 43.0 Å². The van der Waals surface area contributed by atoms with Gasteiger partial charge in [0.1, 0.15) is 16.2 Å². The molecule has 4 heterocycles. The third kappa shape index (κ3) is 3.50. The quantitative estimate of drug-likeness (QED) is 0.371. The third-order valence-corrected chi connectivity index (χ3v) is 8.12. The lowest BCUT2D eigenvalue weighted by Crippen LogP contribution is -2.30. The number of methoxy groups -OCH3 is 1. The Hall–Kier alpha value is -2.93. The van der Waals surface area contributed by atoms with E-state index in [1.165, 1.54) is 41.5 Å². The third-order valence-electron chi connectivity index (χ3n) is 6.98. The summed E-state index contributed by atoms with van der Waals surface area (Å²) in [5.74, 6) is 2.68. The lowest BCUT2D eigenvalue weighted by molar-refractivity contribution is 0.407. The molecule has 6 rings (SSSR count). The molecule has 1 aromatic carbocycles. The molecular weight excluding hydrogens is 434 g/mol. The van der Waals surface area contributed by atoms with Gasteiger partial charge in [-0.05, 0) is 62.1 Å². The Kier molecular flexibility index (Phi) is 5.09. The number of rotatable bonds is 3. The molecule has 1 aliphatic carbocycles. The summed E-state index contributed by atoms with van der Waals surface area (Å²) < 4.78 is 11.1. The standard InChI is InChI=1S/C26H27N3O3S/c1-15-9-10-17-20(13-15)33-25-21(17)24(29-11-4-3-5-12-29)27-23(28-25)18-14-16-7-6-8-19(31-2)22(16)32-26(18)30/h6-8,14-15H,3-5,9-13H2,1-2H3. The Morgan fingerprint density at radius 3 is 2.85 bits per heavy atom. The smallest absolute Gasteiger partial charge is 0.347 e. The second kappa shape index (κ2) is 8.13. The Morgan fingerprint density at radius 1 is 1.18 bits per heavy atom. The van der Waals surface area contributed by atoms with Gasteiger partial charge in [-0.1, -0.05) is 19.1 Å². The number of benzene rings is 1. The largest absolute Gasteiger partial charge is 0.493 e. The maximum atomic E-state index is 13.1. The van der Waals surface area contributed by atoms with E-state index in [-0.39, 0.29) is 0 Å². The van der Waals surface area contributed by atoms with E-state index in [4.69, 9.17) is 19.1 Å². The highest BCUT2D eigenvalue weighted by atomic mass is 32.1. The van der Waals surface area contributed by atoms with Gasteiger partial charge in [0.15, 0.2) is 17.2 Å². The first-order valence-electron chi connectivity index (χ1n) is 11.8. The summed E-state index contributed by atoms with van der Waals surface area (Å²) in [6, 6.07) is 7.43. The minimum absolute atomic E-state index is 0.399. The minimum atomic E-state index is -0.439. The molecule has 6 nitrogen and oxygen atoms in total. The topological polar surface area (TPSA) is 68.5 Å². The second-order valence-electron chi connectivity index (χ2n) is 9.28. The number of fused-ring (bicyclic) bond motifs is 4. The predicted molar refractivity (Wildman–Crippen MR) is 133 cm³/mol. The maximum absolute atomic E-state index is 13.1. The number of ether oxygens (including phenoxy) is 1. The van der Waals surface area contributed by atoms with E-state index in [9.17, 15) is 4.79 Å². The fourth-order valence-corrected chi connectivity index (χ4v) is 6.59. The first-order valence-corrected chi connectivity index (χ1v) is 12.6. The molecule has 0 spiro atoms. The van der Waals surface area contributed by atoms with Crippen molar-refractivity contribution < 1.29 is 9.15 Å². The first-order chi connectivity index (χ1) is 16.1. The molecule has 170 valence electrons. The average molecular weight is 462 g/mol. The molecule has 0 amide bonds. The van der Waals surface area contributed by atoms with Crippen LogP contribution in [0.5, 0.6) is 5.75 Å². The number of nitrogens with zero attached hydrogens (tertiary/aromatic N) is 3. The van der Waals surface area contributed by atoms with Crippen molar-refractivity contribution in [3.05, 3.63) is 45.1 Å². The van der Waals surface area contributed by atoms with Crippen LogP contribution in [-0.2, 0) is 12.8 Å². The number of aryl methyl sites for hydroxylation is 1. The van der Waals surface area contributed by atoms with Gasteiger partial charge in [0.25, 0.3) is 0 Å². The normalized spacial score (nSPS) is 18.6. The number of thiophene rings is 1. The second-order valence-corrected chi connectivity index (χ2v) is 10.4. The van der Waals surface area contributed by atoms with E-state index in [0.29, 0.717) is 28.6 Å². The van der Waals surface area contributed by atoms with Gasteiger partial charge in [0.2, 0.25) is 0 Å². The summed E-state index contributed by atoms with van der Waals surface area (Å²) in [5, 5.41) is 2.01. The SMILES string of the molecule is COc1cccc2cc(-c3nc(N4CCCCC4)c4c5c(sc4n3)CC(C)CC5)c(=O)oc12. The molecule has 0 radical (unpaired) electrons. The molecular formula is C26H27N3O3S. The zero-order chi connectivity index (χ0) is 22.5. The Morgan fingerprint density at radius 2 is 2.03 bits per heavy atom. The molecule has 3 aromatic heterocycles. The van der Waals surface area contributed by atoms with Gasteiger partial charge in [-0.15, -0.1) is 11.3 Å². The predicted octanol–water partition coefficient (Wildman–Crippen LogP) is 5.59. The molecule has 1 atom stereocenters. The number of hydrogen-bond acceptors (Lipinski definition) is 7. The van der Waals surface area contributed by atoms with Crippen molar-refractivity contribution in [3.8, 4) is 17.1 Å². The molecule has 0 N–H and O–H groups in total. The fourth-order valence-electron chi connectivity index (χ4n) is 5.21. The van der Waals surface area contributed by atoms with E-state index < -0.39 is 5.63 Å². The van der Waals surface area contributed by atoms with E-state index in [0.717, 1.165) is 42.0 Å². The zero-order valence-corrected chi connectivity index (χ0v) is 19.8. The van der Waals surface area contributed by atoms with E-state index >= 15 is 0 Å². The van der Waals surface area contributed by atoms with E-state index in [1.54, 1.807) is 24.5 Å². The number of hydrogen-bond donors (Lipinski definition) is 0. The molecule has 1 fully saturated rings. The Labute approximate surface area is 196 Å². The van der Waals surface area contributed by atoms with Crippen molar-refractivity contribution in [2.75, 3.05) is 25.1 Å². The lowest BCUT2D eigenvalue weighted by atomic mass is 9.89. The summed E-state index contributed by atoms with van der Waals surface area (Å²) in [7, 11) is 1.57. The summed E-state index contributed by atoms with van der Waals surface area (Å²) >= 11 is 1.78. The molecule has 0 bridgehead atoms. The molecule has 0 saturated carbocycles. The van der Waals surface area contributed by atoms with E-state index in [1.807, 2.05) is 18.2 Å². The summed E-state index contributed by atoms with van der Waals surface area (Å²) in [6.45, 7) is 4.32. The number of para-hydroxylation sites is 1. The van der Waals surface area contributed by atoms with Crippen LogP contribution in [0.2, 0.25) is 0 Å². The summed E-state index contributed by atoms with van der Waals surface area (Å²) in [4.78, 5) is 27.8. The van der Waals surface area contributed by atoms with Crippen molar-refractivity contribution in [2.24, 2.45) is 5.92 Å². The van der Waals surface area contributed by atoms with Crippen molar-refractivity contribution in [1.82, 2.24) is 9.97 Å². The van der Waals surface area contributed by atoms with Crippen LogP contribution in [0.15, 0.2) is 33.5 Å². The van der Waals surface area contributed by atoms with Crippen molar-refractivity contribution in [1.29, 1.82) is 0 Å². The molecule has 1 saturated heterocycles. The fraction of sp³-hybridized carbons (Fsp3) is 0.423. The molecule has 1 unspecified atom stereocenters. The van der Waals surface area contributed by atoms with Gasteiger partial charge in [-0.2, -0.15) is 0 Å². The monoisotopic (exact) mass is 461 g/mol. The lowest BCUT2D eigenvalue weighted by Gasteiger charge is -2.29. The van der Waals surface area contributed by atoms with Crippen molar-refractivity contribution in [2.45, 2.75) is 45.4 Å². The Balaban J connectivity index is 1.58. The molecule has 1 aliphatic heterocycles. The van der Waals surface area contributed by atoms with Gasteiger partial charge < -0.3 is 14.1 Å². The molecule has 33 heavy (non-hydrogen) atoms. The molecule has 4 aromatic rings. The maximum Gasteiger partial charge on any atom is 0.347 e. The van der Waals surface area contributed by atoms with Crippen LogP contribution in [0.3, 0.4) is 0 Å². The van der Waals surface area contributed by atoms with Crippen LogP contribution in [0.25, 0.3) is 32.6 Å². The van der Waals surface area contributed by atoms with Crippen LogP contribution in [0.4, 0.5) is 5.82 Å². The highest BCUT2D eigenvalue weighted by Crippen LogP contribution is 2.42. The first kappa shape index (κ1) is 20.7. The number of piperidine rings is 1. The van der Waals surface area contributed by atoms with Crippen LogP contribution < -0.4 is 15.3 Å². The highest BCUT2D eigenvalue weighted by molar-refractivity contribution is 7.19. The number of anilines is 1. The van der Waals surface area contributed by atoms with Gasteiger partial charge in [-0.3, -0.25) is 0 Å². The number of aromatic nitrogens is 2. The van der Waals surface area contributed by atoms with Crippen LogP contribution >= 0.6 is 11.3 Å². The Bertz CT molecular complexity index is 1420. The zero-order valence-electron chi connectivity index (χ0n) is 19.0. The van der Waals surface area contributed by atoms with Crippen molar-refractivity contribution in [3.63, 3.8) is 0 Å².